The van der Waals surface area contributed by atoms with Gasteiger partial charge in [-0.15, -0.1) is 0 Å². The third-order valence-corrected chi connectivity index (χ3v) is 6.09. The maximum atomic E-state index is 13.9. The van der Waals surface area contributed by atoms with Gasteiger partial charge in [-0.1, -0.05) is 23.5 Å². The summed E-state index contributed by atoms with van der Waals surface area (Å²) in [5.74, 6) is 0.0135. The average molecular weight is 446 g/mol. The van der Waals surface area contributed by atoms with Gasteiger partial charge < -0.3 is 14.2 Å². The van der Waals surface area contributed by atoms with Crippen molar-refractivity contribution in [1.29, 1.82) is 0 Å². The Labute approximate surface area is 183 Å². The quantitative estimate of drug-likeness (QED) is 0.531. The van der Waals surface area contributed by atoms with Crippen LogP contribution in [0.3, 0.4) is 0 Å². The van der Waals surface area contributed by atoms with Gasteiger partial charge >= 0.3 is 0 Å². The van der Waals surface area contributed by atoms with Crippen molar-refractivity contribution >= 4 is 32.6 Å². The fourth-order valence-corrected chi connectivity index (χ4v) is 4.34. The smallest absolute Gasteiger partial charge is 0.266 e. The second-order valence-corrected chi connectivity index (χ2v) is 8.06. The molecule has 2 aromatic carbocycles. The Morgan fingerprint density at radius 1 is 1.26 bits per heavy atom. The molecule has 9 heteroatoms. The number of hydrogen-bond donors (Lipinski definition) is 0. The van der Waals surface area contributed by atoms with Crippen LogP contribution in [0.4, 0.5) is 9.52 Å². The molecule has 0 saturated carbocycles. The van der Waals surface area contributed by atoms with Crippen LogP contribution in [0, 0.1) is 5.82 Å². The molecular weight excluding hydrogens is 421 g/mol. The van der Waals surface area contributed by atoms with Crippen LogP contribution in [-0.4, -0.2) is 68.9 Å². The van der Waals surface area contributed by atoms with Gasteiger partial charge in [0, 0.05) is 26.2 Å². The highest BCUT2D eigenvalue weighted by molar-refractivity contribution is 7.22. The molecule has 0 radical (unpaired) electrons. The number of fused-ring (bicyclic) bond motifs is 1. The molecule has 0 N–H and O–H groups in total. The van der Waals surface area contributed by atoms with Gasteiger partial charge in [-0.05, 0) is 30.3 Å². The number of para-hydroxylation sites is 1. The van der Waals surface area contributed by atoms with Crippen LogP contribution >= 0.6 is 11.3 Å². The molecule has 3 aromatic rings. The summed E-state index contributed by atoms with van der Waals surface area (Å²) in [7, 11) is 1.61. The maximum Gasteiger partial charge on any atom is 0.266 e. The highest BCUT2D eigenvalue weighted by atomic mass is 32.1. The lowest BCUT2D eigenvalue weighted by Gasteiger charge is -2.29. The molecule has 0 atom stereocenters. The van der Waals surface area contributed by atoms with E-state index in [-0.39, 0.29) is 18.3 Å². The summed E-state index contributed by atoms with van der Waals surface area (Å²) < 4.78 is 30.9. The highest BCUT2D eigenvalue weighted by Gasteiger charge is 2.22. The third kappa shape index (κ3) is 5.30. The standard InChI is InChI=1S/C22H24FN3O4S/c1-28-16-6-7-18-20(14-16)31-22(24-18)26(9-8-25-10-12-29-13-11-25)21(27)15-30-19-5-3-2-4-17(19)23/h2-7,14H,8-13,15H2,1H3. The molecule has 0 bridgehead atoms. The van der Waals surface area contributed by atoms with Gasteiger partial charge in [0.25, 0.3) is 5.91 Å². The summed E-state index contributed by atoms with van der Waals surface area (Å²) in [6, 6.07) is 11.7. The van der Waals surface area contributed by atoms with Crippen LogP contribution in [0.15, 0.2) is 42.5 Å². The zero-order valence-corrected chi connectivity index (χ0v) is 18.1. The highest BCUT2D eigenvalue weighted by Crippen LogP contribution is 2.31. The van der Waals surface area contributed by atoms with Crippen molar-refractivity contribution in [1.82, 2.24) is 9.88 Å². The van der Waals surface area contributed by atoms with Gasteiger partial charge in [-0.25, -0.2) is 9.37 Å². The molecule has 0 aliphatic carbocycles. The number of carbonyl (C=O) groups is 1. The molecule has 1 amide bonds. The van der Waals surface area contributed by atoms with Gasteiger partial charge in [-0.2, -0.15) is 0 Å². The minimum Gasteiger partial charge on any atom is -0.497 e. The Morgan fingerprint density at radius 3 is 2.84 bits per heavy atom. The molecule has 1 aliphatic heterocycles. The van der Waals surface area contributed by atoms with Crippen LogP contribution < -0.4 is 14.4 Å². The predicted octanol–water partition coefficient (Wildman–Crippen LogP) is 3.19. The zero-order chi connectivity index (χ0) is 21.6. The monoisotopic (exact) mass is 445 g/mol. The number of anilines is 1. The van der Waals surface area contributed by atoms with Crippen LogP contribution in [-0.2, 0) is 9.53 Å². The number of thiazole rings is 1. The van der Waals surface area contributed by atoms with E-state index in [0.29, 0.717) is 31.4 Å². The van der Waals surface area contributed by atoms with E-state index in [0.717, 1.165) is 29.1 Å². The molecule has 4 rings (SSSR count). The summed E-state index contributed by atoms with van der Waals surface area (Å²) in [4.78, 5) is 21.6. The Balaban J connectivity index is 1.52. The molecule has 0 spiro atoms. The zero-order valence-electron chi connectivity index (χ0n) is 17.3. The first-order chi connectivity index (χ1) is 15.1. The molecule has 164 valence electrons. The predicted molar refractivity (Wildman–Crippen MR) is 118 cm³/mol. The number of nitrogens with zero attached hydrogens (tertiary/aromatic N) is 3. The molecule has 7 nitrogen and oxygen atoms in total. The maximum absolute atomic E-state index is 13.9. The fourth-order valence-electron chi connectivity index (χ4n) is 3.31. The lowest BCUT2D eigenvalue weighted by molar-refractivity contribution is -0.120. The van der Waals surface area contributed by atoms with Gasteiger partial charge in [0.1, 0.15) is 5.75 Å². The van der Waals surface area contributed by atoms with E-state index in [1.54, 1.807) is 24.1 Å². The average Bonchev–Trinajstić information content (AvgIpc) is 3.22. The van der Waals surface area contributed by atoms with Crippen molar-refractivity contribution in [3.05, 3.63) is 48.3 Å². The number of halogens is 1. The molecule has 2 heterocycles. The molecule has 1 fully saturated rings. The number of rotatable bonds is 8. The van der Waals surface area contributed by atoms with Gasteiger partial charge in [0.15, 0.2) is 23.3 Å². The van der Waals surface area contributed by atoms with E-state index in [9.17, 15) is 9.18 Å². The van der Waals surface area contributed by atoms with Crippen molar-refractivity contribution in [3.8, 4) is 11.5 Å². The third-order valence-electron chi connectivity index (χ3n) is 5.05. The minimum absolute atomic E-state index is 0.0537. The number of ether oxygens (including phenoxy) is 3. The van der Waals surface area contributed by atoms with Crippen LogP contribution in [0.2, 0.25) is 0 Å². The number of hydrogen-bond acceptors (Lipinski definition) is 7. The van der Waals surface area contributed by atoms with Crippen LogP contribution in [0.1, 0.15) is 0 Å². The molecule has 1 aromatic heterocycles. The van der Waals surface area contributed by atoms with Crippen molar-refractivity contribution < 1.29 is 23.4 Å². The Morgan fingerprint density at radius 2 is 2.06 bits per heavy atom. The Kier molecular flexibility index (Phi) is 6.96. The van der Waals surface area contributed by atoms with E-state index in [4.69, 9.17) is 14.2 Å². The van der Waals surface area contributed by atoms with Crippen LogP contribution in [0.5, 0.6) is 11.5 Å². The molecule has 0 unspecified atom stereocenters. The van der Waals surface area contributed by atoms with Crippen molar-refractivity contribution in [3.63, 3.8) is 0 Å². The second-order valence-electron chi connectivity index (χ2n) is 7.05. The first-order valence-electron chi connectivity index (χ1n) is 10.1. The minimum atomic E-state index is -0.498. The molecule has 1 aliphatic rings. The summed E-state index contributed by atoms with van der Waals surface area (Å²) in [6.45, 7) is 3.89. The number of carbonyl (C=O) groups excluding carboxylic acids is 1. The summed E-state index contributed by atoms with van der Waals surface area (Å²) in [6.07, 6.45) is 0. The van der Waals surface area contributed by atoms with Crippen molar-refractivity contribution in [2.45, 2.75) is 0 Å². The van der Waals surface area contributed by atoms with E-state index in [2.05, 4.69) is 9.88 Å². The van der Waals surface area contributed by atoms with Crippen molar-refractivity contribution in [2.24, 2.45) is 0 Å². The van der Waals surface area contributed by atoms with Gasteiger partial charge in [-0.3, -0.25) is 14.6 Å². The summed E-state index contributed by atoms with van der Waals surface area (Å²) in [5.41, 5.74) is 0.792. The summed E-state index contributed by atoms with van der Waals surface area (Å²) in [5, 5.41) is 0.582. The molecule has 31 heavy (non-hydrogen) atoms. The van der Waals surface area contributed by atoms with Crippen molar-refractivity contribution in [2.75, 3.05) is 58.0 Å². The van der Waals surface area contributed by atoms with Gasteiger partial charge in [0.05, 0.1) is 30.5 Å². The number of methoxy groups -OCH3 is 1. The van der Waals surface area contributed by atoms with E-state index in [1.165, 1.54) is 23.5 Å². The normalized spacial score (nSPS) is 14.5. The summed E-state index contributed by atoms with van der Waals surface area (Å²) >= 11 is 1.42. The number of amides is 1. The molecular formula is C22H24FN3O4S. The SMILES string of the molecule is COc1ccc2nc(N(CCN3CCOCC3)C(=O)COc3ccccc3F)sc2c1. The number of benzene rings is 2. The van der Waals surface area contributed by atoms with E-state index >= 15 is 0 Å². The first kappa shape index (κ1) is 21.5. The Bertz CT molecular complexity index is 1040. The van der Waals surface area contributed by atoms with Crippen LogP contribution in [0.25, 0.3) is 10.2 Å². The largest absolute Gasteiger partial charge is 0.497 e. The number of aromatic nitrogens is 1. The number of morpholine rings is 1. The van der Waals surface area contributed by atoms with E-state index < -0.39 is 5.82 Å². The van der Waals surface area contributed by atoms with Gasteiger partial charge in [0.2, 0.25) is 0 Å². The lowest BCUT2D eigenvalue weighted by atomic mass is 10.3. The fraction of sp³-hybridized carbons (Fsp3) is 0.364. The lowest BCUT2D eigenvalue weighted by Crippen LogP contribution is -2.44. The Hall–Kier alpha value is -2.75. The second kappa shape index (κ2) is 10.0. The topological polar surface area (TPSA) is 64.1 Å². The van der Waals surface area contributed by atoms with E-state index in [1.807, 2.05) is 18.2 Å². The first-order valence-corrected chi connectivity index (χ1v) is 10.9. The molecule has 1 saturated heterocycles.